The molecule has 1 amide bonds. The summed E-state index contributed by atoms with van der Waals surface area (Å²) < 4.78 is 46.4. The number of ether oxygens (including phenoxy) is 2. The van der Waals surface area contributed by atoms with Crippen molar-refractivity contribution in [3.05, 3.63) is 36.1 Å². The third-order valence-corrected chi connectivity index (χ3v) is 3.23. The number of carbonyl (C=O) groups excluding carboxylic acids is 1. The van der Waals surface area contributed by atoms with Crippen LogP contribution in [-0.2, 0) is 14.6 Å². The van der Waals surface area contributed by atoms with Crippen molar-refractivity contribution >= 4 is 15.7 Å². The molecule has 1 aromatic carbocycles. The Morgan fingerprint density at radius 1 is 1.22 bits per heavy atom. The quantitative estimate of drug-likeness (QED) is 0.767. The van der Waals surface area contributed by atoms with E-state index in [0.717, 1.165) is 6.26 Å². The molecule has 2 N–H and O–H groups in total. The molecule has 0 radical (unpaired) electrons. The van der Waals surface area contributed by atoms with Crippen molar-refractivity contribution in [2.45, 2.75) is 5.16 Å². The monoisotopic (exact) mass is 341 g/mol. The lowest BCUT2D eigenvalue weighted by molar-refractivity contribution is -0.120. The molecule has 1 aromatic heterocycles. The molecule has 0 aliphatic carbocycles. The zero-order chi connectivity index (χ0) is 17.0. The number of benzene rings is 1. The SMILES string of the molecule is CS(=O)(=O)c1nc(OCC(N)=O)cc(Oc2ccc(F)cc2)n1. The van der Waals surface area contributed by atoms with Crippen molar-refractivity contribution in [1.82, 2.24) is 9.97 Å². The van der Waals surface area contributed by atoms with Crippen molar-refractivity contribution in [2.75, 3.05) is 12.9 Å². The Balaban J connectivity index is 2.35. The molecule has 1 heterocycles. The summed E-state index contributed by atoms with van der Waals surface area (Å²) in [5.74, 6) is -1.33. The number of nitrogens with two attached hydrogens (primary N) is 1. The van der Waals surface area contributed by atoms with Crippen LogP contribution < -0.4 is 15.2 Å². The lowest BCUT2D eigenvalue weighted by atomic mass is 10.3. The van der Waals surface area contributed by atoms with E-state index in [1.807, 2.05) is 0 Å². The minimum absolute atomic E-state index is 0.147. The summed E-state index contributed by atoms with van der Waals surface area (Å²) in [7, 11) is -3.74. The van der Waals surface area contributed by atoms with Gasteiger partial charge in [-0.25, -0.2) is 12.8 Å². The Kier molecular flexibility index (Phi) is 4.74. The fourth-order valence-corrected chi connectivity index (χ4v) is 1.96. The minimum Gasteiger partial charge on any atom is -0.467 e. The first-order valence-corrected chi connectivity index (χ1v) is 8.07. The molecule has 2 aromatic rings. The van der Waals surface area contributed by atoms with Gasteiger partial charge in [0.15, 0.2) is 6.61 Å². The maximum Gasteiger partial charge on any atom is 0.255 e. The third-order valence-electron chi connectivity index (χ3n) is 2.39. The van der Waals surface area contributed by atoms with E-state index in [9.17, 15) is 17.6 Å². The second-order valence-electron chi connectivity index (χ2n) is 4.41. The number of rotatable bonds is 6. The number of hydrogen-bond acceptors (Lipinski definition) is 7. The van der Waals surface area contributed by atoms with Crippen LogP contribution in [0.2, 0.25) is 0 Å². The van der Waals surface area contributed by atoms with E-state index >= 15 is 0 Å². The van der Waals surface area contributed by atoms with Gasteiger partial charge in [-0.05, 0) is 24.3 Å². The fourth-order valence-electron chi connectivity index (χ4n) is 1.44. The average molecular weight is 341 g/mol. The largest absolute Gasteiger partial charge is 0.467 e. The highest BCUT2D eigenvalue weighted by molar-refractivity contribution is 7.90. The Bertz CT molecular complexity index is 824. The number of aromatic nitrogens is 2. The molecule has 8 nitrogen and oxygen atoms in total. The second kappa shape index (κ2) is 6.57. The lowest BCUT2D eigenvalue weighted by Gasteiger charge is -2.09. The van der Waals surface area contributed by atoms with E-state index in [-0.39, 0.29) is 17.5 Å². The number of hydrogen-bond donors (Lipinski definition) is 1. The molecular formula is C13H12FN3O5S. The lowest BCUT2D eigenvalue weighted by Crippen LogP contribution is -2.20. The topological polar surface area (TPSA) is 121 Å². The zero-order valence-corrected chi connectivity index (χ0v) is 12.7. The summed E-state index contributed by atoms with van der Waals surface area (Å²) >= 11 is 0. The van der Waals surface area contributed by atoms with Crippen LogP contribution in [0.15, 0.2) is 35.5 Å². The first-order valence-electron chi connectivity index (χ1n) is 6.18. The highest BCUT2D eigenvalue weighted by atomic mass is 32.2. The van der Waals surface area contributed by atoms with Crippen LogP contribution in [0.3, 0.4) is 0 Å². The maximum atomic E-state index is 12.9. The van der Waals surface area contributed by atoms with Gasteiger partial charge in [-0.1, -0.05) is 0 Å². The molecule has 122 valence electrons. The van der Waals surface area contributed by atoms with Crippen LogP contribution in [0.4, 0.5) is 4.39 Å². The average Bonchev–Trinajstić information content (AvgIpc) is 2.46. The zero-order valence-electron chi connectivity index (χ0n) is 11.9. The number of sulfone groups is 1. The van der Waals surface area contributed by atoms with E-state index < -0.39 is 33.3 Å². The van der Waals surface area contributed by atoms with Crippen LogP contribution in [0.5, 0.6) is 17.5 Å². The molecule has 0 aliphatic heterocycles. The summed E-state index contributed by atoms with van der Waals surface area (Å²) in [5, 5.41) is -0.545. The standard InChI is InChI=1S/C13H12FN3O5S/c1-23(19,20)13-16-11(21-7-10(15)18)6-12(17-13)22-9-4-2-8(14)3-5-9/h2-6H,7H2,1H3,(H2,15,18). The Hall–Kier alpha value is -2.75. The van der Waals surface area contributed by atoms with Crippen molar-refractivity contribution in [3.63, 3.8) is 0 Å². The molecule has 0 bridgehead atoms. The molecule has 0 aliphatic rings. The van der Waals surface area contributed by atoms with E-state index in [1.165, 1.54) is 30.3 Å². The third kappa shape index (κ3) is 4.88. The molecule has 0 atom stereocenters. The first-order chi connectivity index (χ1) is 10.7. The van der Waals surface area contributed by atoms with E-state index in [0.29, 0.717) is 0 Å². The predicted molar refractivity (Wildman–Crippen MR) is 76.3 cm³/mol. The second-order valence-corrected chi connectivity index (χ2v) is 6.32. The first kappa shape index (κ1) is 16.6. The number of amides is 1. The van der Waals surface area contributed by atoms with Gasteiger partial charge in [0.2, 0.25) is 21.6 Å². The smallest absolute Gasteiger partial charge is 0.255 e. The van der Waals surface area contributed by atoms with Crippen molar-refractivity contribution in [2.24, 2.45) is 5.73 Å². The predicted octanol–water partition coefficient (Wildman–Crippen LogP) is 0.676. The Morgan fingerprint density at radius 2 is 1.83 bits per heavy atom. The van der Waals surface area contributed by atoms with Gasteiger partial charge in [-0.3, -0.25) is 4.79 Å². The van der Waals surface area contributed by atoms with Gasteiger partial charge in [0.05, 0.1) is 6.07 Å². The summed E-state index contributed by atoms with van der Waals surface area (Å²) in [6, 6.07) is 6.18. The van der Waals surface area contributed by atoms with E-state index in [2.05, 4.69) is 9.97 Å². The van der Waals surface area contributed by atoms with Gasteiger partial charge in [-0.2, -0.15) is 9.97 Å². The molecular weight excluding hydrogens is 329 g/mol. The summed E-state index contributed by atoms with van der Waals surface area (Å²) in [6.07, 6.45) is 0.905. The molecule has 0 spiro atoms. The van der Waals surface area contributed by atoms with Gasteiger partial charge in [-0.15, -0.1) is 0 Å². The molecule has 2 rings (SSSR count). The molecule has 0 saturated carbocycles. The number of nitrogens with zero attached hydrogens (tertiary/aromatic N) is 2. The van der Waals surface area contributed by atoms with Crippen molar-refractivity contribution < 1.29 is 27.1 Å². The molecule has 10 heteroatoms. The maximum absolute atomic E-state index is 12.9. The normalized spacial score (nSPS) is 11.0. The van der Waals surface area contributed by atoms with Gasteiger partial charge < -0.3 is 15.2 Å². The molecule has 0 fully saturated rings. The number of carbonyl (C=O) groups is 1. The van der Waals surface area contributed by atoms with E-state index in [4.69, 9.17) is 15.2 Å². The number of halogens is 1. The van der Waals surface area contributed by atoms with Crippen LogP contribution in [-0.4, -0.2) is 37.2 Å². The summed E-state index contributed by atoms with van der Waals surface area (Å²) in [5.41, 5.74) is 4.95. The van der Waals surface area contributed by atoms with Gasteiger partial charge >= 0.3 is 0 Å². The Labute approximate surface area is 131 Å². The van der Waals surface area contributed by atoms with E-state index in [1.54, 1.807) is 0 Å². The minimum atomic E-state index is -3.74. The number of primary amides is 1. The van der Waals surface area contributed by atoms with Crippen LogP contribution in [0.1, 0.15) is 0 Å². The van der Waals surface area contributed by atoms with Gasteiger partial charge in [0.1, 0.15) is 11.6 Å². The van der Waals surface area contributed by atoms with Crippen molar-refractivity contribution in [3.8, 4) is 17.5 Å². The highest BCUT2D eigenvalue weighted by Gasteiger charge is 2.16. The molecule has 0 saturated heterocycles. The summed E-state index contributed by atoms with van der Waals surface area (Å²) in [4.78, 5) is 18.1. The Morgan fingerprint density at radius 3 is 2.39 bits per heavy atom. The fraction of sp³-hybridized carbons (Fsp3) is 0.154. The van der Waals surface area contributed by atoms with Gasteiger partial charge in [0, 0.05) is 6.26 Å². The molecule has 23 heavy (non-hydrogen) atoms. The highest BCUT2D eigenvalue weighted by Crippen LogP contribution is 2.24. The van der Waals surface area contributed by atoms with Crippen LogP contribution in [0.25, 0.3) is 0 Å². The molecule has 0 unspecified atom stereocenters. The van der Waals surface area contributed by atoms with Crippen LogP contribution >= 0.6 is 0 Å². The summed E-state index contributed by atoms with van der Waals surface area (Å²) in [6.45, 7) is -0.490. The van der Waals surface area contributed by atoms with Crippen LogP contribution in [0, 0.1) is 5.82 Å². The van der Waals surface area contributed by atoms with Crippen molar-refractivity contribution in [1.29, 1.82) is 0 Å². The van der Waals surface area contributed by atoms with Gasteiger partial charge in [0.25, 0.3) is 11.1 Å².